The molecule has 0 spiro atoms. The number of amides is 4. The molecule has 0 bridgehead atoms. The minimum Gasteiger partial charge on any atom is -0.462 e. The van der Waals surface area contributed by atoms with Crippen LogP contribution in [0.1, 0.15) is 52.2 Å². The molecule has 2 N–H and O–H groups in total. The predicted molar refractivity (Wildman–Crippen MR) is 120 cm³/mol. The summed E-state index contributed by atoms with van der Waals surface area (Å²) in [5.74, 6) is -1.51. The van der Waals surface area contributed by atoms with Gasteiger partial charge in [-0.2, -0.15) is 0 Å². The van der Waals surface area contributed by atoms with Crippen LogP contribution in [0.5, 0.6) is 0 Å². The highest BCUT2D eigenvalue weighted by atomic mass is 32.1. The number of ether oxygens (including phenoxy) is 1. The average Bonchev–Trinajstić information content (AvgIpc) is 3.37. The van der Waals surface area contributed by atoms with Crippen molar-refractivity contribution in [3.05, 3.63) is 51.4 Å². The number of anilines is 1. The number of thiophene rings is 1. The number of esters is 1. The molecule has 0 radical (unpaired) electrons. The van der Waals surface area contributed by atoms with Crippen LogP contribution in [-0.2, 0) is 32.7 Å². The molecule has 1 fully saturated rings. The zero-order chi connectivity index (χ0) is 23.0. The van der Waals surface area contributed by atoms with Gasteiger partial charge in [-0.05, 0) is 56.7 Å². The Morgan fingerprint density at radius 2 is 2.00 bits per heavy atom. The summed E-state index contributed by atoms with van der Waals surface area (Å²) in [6.07, 6.45) is 2.57. The standard InChI is InChI=1S/C23H25N3O5S/c1-4-31-20(28)18-14-9-7-11-16(14)32-19(18)24-17(27)12-26-21(29)23(3,25-22(26)30)15-10-6-5-8-13(15)2/h5-6,8,10H,4,7,9,11-12H2,1-3H3,(H,24,27)(H,25,30). The molecule has 1 unspecified atom stereocenters. The first-order chi connectivity index (χ1) is 15.3. The van der Waals surface area contributed by atoms with E-state index in [0.29, 0.717) is 16.1 Å². The first-order valence-corrected chi connectivity index (χ1v) is 11.4. The summed E-state index contributed by atoms with van der Waals surface area (Å²) >= 11 is 1.35. The van der Waals surface area contributed by atoms with Gasteiger partial charge in [0.05, 0.1) is 12.2 Å². The summed E-state index contributed by atoms with van der Waals surface area (Å²) in [6.45, 7) is 5.01. The molecule has 1 aromatic heterocycles. The number of imide groups is 1. The van der Waals surface area contributed by atoms with Crippen molar-refractivity contribution in [1.82, 2.24) is 10.2 Å². The molecule has 0 saturated carbocycles. The van der Waals surface area contributed by atoms with Crippen molar-refractivity contribution in [2.45, 2.75) is 45.6 Å². The van der Waals surface area contributed by atoms with Gasteiger partial charge in [0.15, 0.2) is 0 Å². The molecule has 1 saturated heterocycles. The average molecular weight is 456 g/mol. The predicted octanol–water partition coefficient (Wildman–Crippen LogP) is 3.13. The van der Waals surface area contributed by atoms with Gasteiger partial charge in [-0.1, -0.05) is 24.3 Å². The van der Waals surface area contributed by atoms with E-state index < -0.39 is 35.9 Å². The number of hydrogen-bond acceptors (Lipinski definition) is 6. The minimum atomic E-state index is -1.25. The lowest BCUT2D eigenvalue weighted by Gasteiger charge is -2.24. The zero-order valence-corrected chi connectivity index (χ0v) is 19.1. The fraction of sp³-hybridized carbons (Fsp3) is 0.391. The number of benzene rings is 1. The summed E-state index contributed by atoms with van der Waals surface area (Å²) in [7, 11) is 0. The second-order valence-electron chi connectivity index (χ2n) is 8.09. The molecule has 168 valence electrons. The summed E-state index contributed by atoms with van der Waals surface area (Å²) in [4.78, 5) is 53.0. The Morgan fingerprint density at radius 3 is 2.72 bits per heavy atom. The van der Waals surface area contributed by atoms with Crippen molar-refractivity contribution in [3.8, 4) is 0 Å². The van der Waals surface area contributed by atoms with Gasteiger partial charge in [0.2, 0.25) is 5.91 Å². The van der Waals surface area contributed by atoms with Crippen molar-refractivity contribution in [2.75, 3.05) is 18.5 Å². The SMILES string of the molecule is CCOC(=O)c1c(NC(=O)CN2C(=O)NC(C)(c3ccccc3C)C2=O)sc2c1CCC2. The van der Waals surface area contributed by atoms with Gasteiger partial charge in [-0.3, -0.25) is 14.5 Å². The molecule has 1 aromatic carbocycles. The number of rotatable bonds is 6. The Labute approximate surface area is 189 Å². The highest BCUT2D eigenvalue weighted by molar-refractivity contribution is 7.17. The van der Waals surface area contributed by atoms with E-state index in [1.807, 2.05) is 19.1 Å². The van der Waals surface area contributed by atoms with Gasteiger partial charge < -0.3 is 15.4 Å². The quantitative estimate of drug-likeness (QED) is 0.514. The van der Waals surface area contributed by atoms with Crippen LogP contribution in [0.25, 0.3) is 0 Å². The third-order valence-electron chi connectivity index (χ3n) is 5.91. The number of carbonyl (C=O) groups excluding carboxylic acids is 4. The van der Waals surface area contributed by atoms with Gasteiger partial charge in [0, 0.05) is 4.88 Å². The van der Waals surface area contributed by atoms with E-state index in [9.17, 15) is 19.2 Å². The van der Waals surface area contributed by atoms with E-state index in [0.717, 1.165) is 40.2 Å². The van der Waals surface area contributed by atoms with Crippen LogP contribution in [-0.4, -0.2) is 41.9 Å². The van der Waals surface area contributed by atoms with Gasteiger partial charge in [0.25, 0.3) is 5.91 Å². The first-order valence-electron chi connectivity index (χ1n) is 10.6. The second-order valence-corrected chi connectivity index (χ2v) is 9.20. The molecule has 1 atom stereocenters. The molecular weight excluding hydrogens is 430 g/mol. The summed E-state index contributed by atoms with van der Waals surface area (Å²) < 4.78 is 5.18. The molecule has 2 aliphatic rings. The highest BCUT2D eigenvalue weighted by Crippen LogP contribution is 2.39. The smallest absolute Gasteiger partial charge is 0.341 e. The molecule has 1 aliphatic heterocycles. The fourth-order valence-corrected chi connectivity index (χ4v) is 5.67. The number of carbonyl (C=O) groups is 4. The molecule has 4 rings (SSSR count). The van der Waals surface area contributed by atoms with Crippen molar-refractivity contribution in [1.29, 1.82) is 0 Å². The van der Waals surface area contributed by atoms with Crippen LogP contribution in [0, 0.1) is 6.92 Å². The van der Waals surface area contributed by atoms with Gasteiger partial charge in [-0.25, -0.2) is 9.59 Å². The lowest BCUT2D eigenvalue weighted by Crippen LogP contribution is -2.42. The van der Waals surface area contributed by atoms with Crippen LogP contribution in [0.3, 0.4) is 0 Å². The lowest BCUT2D eigenvalue weighted by molar-refractivity contribution is -0.133. The monoisotopic (exact) mass is 455 g/mol. The maximum Gasteiger partial charge on any atom is 0.341 e. The van der Waals surface area contributed by atoms with Crippen LogP contribution < -0.4 is 10.6 Å². The second kappa shape index (κ2) is 8.38. The topological polar surface area (TPSA) is 105 Å². The number of urea groups is 1. The van der Waals surface area contributed by atoms with Crippen molar-refractivity contribution in [2.24, 2.45) is 0 Å². The van der Waals surface area contributed by atoms with E-state index in [4.69, 9.17) is 4.74 Å². The minimum absolute atomic E-state index is 0.233. The summed E-state index contributed by atoms with van der Waals surface area (Å²) in [6, 6.07) is 6.68. The molecule has 1 aliphatic carbocycles. The molecular formula is C23H25N3O5S. The third-order valence-corrected chi connectivity index (χ3v) is 7.12. The maximum absolute atomic E-state index is 13.1. The van der Waals surface area contributed by atoms with E-state index in [-0.39, 0.29) is 6.61 Å². The van der Waals surface area contributed by atoms with Crippen molar-refractivity contribution < 1.29 is 23.9 Å². The number of nitrogens with zero attached hydrogens (tertiary/aromatic N) is 1. The van der Waals surface area contributed by atoms with E-state index in [1.165, 1.54) is 11.3 Å². The van der Waals surface area contributed by atoms with E-state index >= 15 is 0 Å². The Kier molecular flexibility index (Phi) is 5.77. The van der Waals surface area contributed by atoms with Crippen LogP contribution >= 0.6 is 11.3 Å². The van der Waals surface area contributed by atoms with Crippen molar-refractivity contribution >= 4 is 40.2 Å². The molecule has 4 amide bonds. The molecule has 9 heteroatoms. The number of nitrogens with one attached hydrogen (secondary N) is 2. The Balaban J connectivity index is 1.53. The normalized spacial score (nSPS) is 19.7. The Bertz CT molecular complexity index is 1120. The Hall–Kier alpha value is -3.20. The maximum atomic E-state index is 13.1. The number of fused-ring (bicyclic) bond motifs is 1. The van der Waals surface area contributed by atoms with Gasteiger partial charge in [0.1, 0.15) is 17.1 Å². The van der Waals surface area contributed by atoms with Gasteiger partial charge in [-0.15, -0.1) is 11.3 Å². The van der Waals surface area contributed by atoms with Gasteiger partial charge >= 0.3 is 12.0 Å². The van der Waals surface area contributed by atoms with Crippen LogP contribution in [0.2, 0.25) is 0 Å². The first kappa shape index (κ1) is 22.0. The summed E-state index contributed by atoms with van der Waals surface area (Å²) in [5, 5.41) is 5.86. The summed E-state index contributed by atoms with van der Waals surface area (Å²) in [5.41, 5.74) is 1.61. The van der Waals surface area contributed by atoms with E-state index in [1.54, 1.807) is 26.0 Å². The van der Waals surface area contributed by atoms with Crippen molar-refractivity contribution in [3.63, 3.8) is 0 Å². The highest BCUT2D eigenvalue weighted by Gasteiger charge is 2.50. The molecule has 2 aromatic rings. The third kappa shape index (κ3) is 3.66. The Morgan fingerprint density at radius 1 is 1.25 bits per heavy atom. The largest absolute Gasteiger partial charge is 0.462 e. The van der Waals surface area contributed by atoms with E-state index in [2.05, 4.69) is 10.6 Å². The lowest BCUT2D eigenvalue weighted by atomic mass is 9.88. The van der Waals surface area contributed by atoms with Crippen LogP contribution in [0.4, 0.5) is 9.80 Å². The zero-order valence-electron chi connectivity index (χ0n) is 18.2. The number of hydrogen-bond donors (Lipinski definition) is 2. The fourth-order valence-electron chi connectivity index (χ4n) is 4.38. The molecule has 2 heterocycles. The van der Waals surface area contributed by atoms with Crippen LogP contribution in [0.15, 0.2) is 24.3 Å². The number of aryl methyl sites for hydroxylation is 2. The molecule has 8 nitrogen and oxygen atoms in total. The molecule has 32 heavy (non-hydrogen) atoms.